The Kier molecular flexibility index (Phi) is 27.9. The van der Waals surface area contributed by atoms with E-state index in [4.69, 9.17) is 74.3 Å². The van der Waals surface area contributed by atoms with Crippen molar-refractivity contribution < 1.29 is 18.6 Å². The zero-order valence-electron chi connectivity index (χ0n) is 73.5. The van der Waals surface area contributed by atoms with Gasteiger partial charge in [0, 0.05) is 145 Å². The molecule has 656 valence electrons. The monoisotopic (exact) mass is 1790 g/mol. The van der Waals surface area contributed by atoms with E-state index in [0.29, 0.717) is 71.6 Å². The summed E-state index contributed by atoms with van der Waals surface area (Å²) in [6.45, 7) is 38.5. The molecule has 3 aliphatic heterocycles. The van der Waals surface area contributed by atoms with Gasteiger partial charge in [-0.2, -0.15) is 0 Å². The summed E-state index contributed by atoms with van der Waals surface area (Å²) >= 11 is 8.03. The highest BCUT2D eigenvalue weighted by molar-refractivity contribution is 8.00. The lowest BCUT2D eigenvalue weighted by Crippen LogP contribution is -2.29. The zero-order valence-corrected chi connectivity index (χ0v) is 77.6. The normalized spacial score (nSPS) is 13.4. The van der Waals surface area contributed by atoms with Crippen molar-refractivity contribution in [3.63, 3.8) is 0 Å². The second-order valence-corrected chi connectivity index (χ2v) is 41.1. The SMILES string of the molecule is C#Cc1cc2c(cc1Sc1nc3c(N)ncnc3n1CCNCC(C)(C)C)CCC2.C#Cc1cc2c(cc1Sc1nc3c(N)ncnc3n1CCNCC(C)(C)C)OCC2.CC(C)(C)CNCCn1c(Sc2cc3c(cc2-c2ccco2)CCO3)nc2c(N)ncnc21.CC(C)(C)CNCCn1c(Sc2cc3c(cc2-c2cccs2)CCO3)nc2c(N)ncnc21. The summed E-state index contributed by atoms with van der Waals surface area (Å²) in [6, 6.07) is 25.2. The van der Waals surface area contributed by atoms with Crippen LogP contribution in [0.3, 0.4) is 0 Å². The largest absolute Gasteiger partial charge is 0.493 e. The molecule has 0 spiro atoms. The van der Waals surface area contributed by atoms with Gasteiger partial charge in [-0.05, 0) is 141 Å². The lowest BCUT2D eigenvalue weighted by Gasteiger charge is -2.19. The highest BCUT2D eigenvalue weighted by Crippen LogP contribution is 2.47. The number of fused-ring (bicyclic) bond motifs is 8. The Morgan fingerprint density at radius 2 is 0.746 bits per heavy atom. The van der Waals surface area contributed by atoms with Crippen molar-refractivity contribution in [1.29, 1.82) is 0 Å². The van der Waals surface area contributed by atoms with E-state index < -0.39 is 0 Å². The number of nitrogens with two attached hydrogens (primary N) is 4. The van der Waals surface area contributed by atoms with Crippen LogP contribution in [0.15, 0.2) is 154 Å². The lowest BCUT2D eigenvalue weighted by atomic mass is 9.97. The Morgan fingerprint density at radius 1 is 0.405 bits per heavy atom. The van der Waals surface area contributed by atoms with Gasteiger partial charge in [0.05, 0.1) is 26.1 Å². The Balaban J connectivity index is 0.000000130. The number of nitrogens with one attached hydrogen (secondary N) is 4. The third kappa shape index (κ3) is 21.8. The van der Waals surface area contributed by atoms with Gasteiger partial charge < -0.3 is 81.1 Å². The van der Waals surface area contributed by atoms with Crippen LogP contribution in [0.25, 0.3) is 66.4 Å². The number of ether oxygens (including phenoxy) is 3. The number of nitrogens with zero attached hydrogens (tertiary/aromatic N) is 16. The van der Waals surface area contributed by atoms with Gasteiger partial charge >= 0.3 is 0 Å². The van der Waals surface area contributed by atoms with Crippen LogP contribution in [-0.2, 0) is 58.3 Å². The molecule has 4 aliphatic rings. The fourth-order valence-electron chi connectivity index (χ4n) is 14.9. The van der Waals surface area contributed by atoms with Crippen LogP contribution < -0.4 is 58.4 Å². The first-order valence-electron chi connectivity index (χ1n) is 42.5. The van der Waals surface area contributed by atoms with E-state index in [0.717, 1.165) is 212 Å². The number of aryl methyl sites for hydroxylation is 2. The Bertz CT molecular complexity index is 5940. The third-order valence-corrected chi connectivity index (χ3v) is 26.1. The maximum absolute atomic E-state index is 6.15. The van der Waals surface area contributed by atoms with Crippen molar-refractivity contribution in [3.05, 3.63) is 149 Å². The molecule has 13 heterocycles. The van der Waals surface area contributed by atoms with Crippen LogP contribution >= 0.6 is 58.4 Å². The van der Waals surface area contributed by atoms with Crippen molar-refractivity contribution in [2.45, 2.75) is 188 Å². The van der Waals surface area contributed by atoms with Gasteiger partial charge in [0.2, 0.25) is 0 Å². The first-order valence-corrected chi connectivity index (χ1v) is 46.6. The van der Waals surface area contributed by atoms with Crippen molar-refractivity contribution in [3.8, 4) is 63.7 Å². The summed E-state index contributed by atoms with van der Waals surface area (Å²) in [7, 11) is 0. The second kappa shape index (κ2) is 39.1. The lowest BCUT2D eigenvalue weighted by molar-refractivity contribution is 0.356. The number of thiophene rings is 1. The van der Waals surface area contributed by atoms with Gasteiger partial charge in [-0.15, -0.1) is 24.2 Å². The third-order valence-electron chi connectivity index (χ3n) is 21.0. The predicted molar refractivity (Wildman–Crippen MR) is 507 cm³/mol. The number of anilines is 4. The standard InChI is InChI=1S/C24H28N6O2S.C24H28N6OS2.C23H28N6S.C22H26N6OS/c1-24(2,3)13-26-7-8-30-22-20(21(25)27-14-28-22)29-23(30)33-19-12-18-15(6-10-32-18)11-16(19)17-5-4-9-31-17;1-24(2,3)13-26-7-8-30-22-20(21(25)27-14-28-22)29-23(30)33-19-12-17-15(6-9-31-17)11-16(19)18-5-4-10-32-18;1-5-15-11-16-7-6-8-17(16)12-18(15)30-22-28-19-20(24)26-14-27-21(19)29(22)10-9-25-13-23(2,3)4;1-5-14-10-15-6-9-29-16(15)11-17(14)30-21-27-18-19(23)25-13-26-20(18)28(21)8-7-24-12-22(2,3)4/h4-5,9,11-12,14,26H,6-8,10,13H2,1-3H3,(H2,25,27,28);4-5,10-12,14,26H,6-9,13H2,1-3H3,(H2,25,27,28);1,11-12,14,25H,6-10,13H2,2-4H3,(H2,24,26,27);1,10-11,13,24H,6-9,12H2,2-4H3,(H2,23,25,26). The molecule has 0 bridgehead atoms. The summed E-state index contributed by atoms with van der Waals surface area (Å²) in [6.07, 6.45) is 25.4. The molecular weight excluding hydrogens is 1680 g/mol. The topological polar surface area (TPSA) is 367 Å². The van der Waals surface area contributed by atoms with Gasteiger partial charge in [0.1, 0.15) is 48.3 Å². The van der Waals surface area contributed by atoms with Crippen LogP contribution in [0, 0.1) is 46.3 Å². The second-order valence-electron chi connectivity index (χ2n) is 36.1. The zero-order chi connectivity index (χ0) is 88.6. The molecule has 0 saturated heterocycles. The van der Waals surface area contributed by atoms with Gasteiger partial charge in [-0.3, -0.25) is 0 Å². The molecule has 0 atom stereocenters. The summed E-state index contributed by atoms with van der Waals surface area (Å²) in [5.41, 5.74) is 41.2. The summed E-state index contributed by atoms with van der Waals surface area (Å²) < 4.78 is 31.6. The molecule has 1 aliphatic carbocycles. The van der Waals surface area contributed by atoms with Gasteiger partial charge in [-0.25, -0.2) is 59.8 Å². The van der Waals surface area contributed by atoms with E-state index in [2.05, 4.69) is 228 Å². The van der Waals surface area contributed by atoms with Crippen LogP contribution in [-0.4, -0.2) is 150 Å². The minimum atomic E-state index is 0.212. The molecule has 0 amide bonds. The number of imidazole rings is 4. The number of terminal acetylenes is 2. The minimum Gasteiger partial charge on any atom is -0.493 e. The molecule has 0 saturated carbocycles. The smallest absolute Gasteiger partial charge is 0.175 e. The summed E-state index contributed by atoms with van der Waals surface area (Å²) in [5.74, 6) is 10.8. The Hall–Kier alpha value is -11.0. The molecule has 126 heavy (non-hydrogen) atoms. The average molecular weight is 1790 g/mol. The van der Waals surface area contributed by atoms with E-state index in [1.165, 1.54) is 76.2 Å². The van der Waals surface area contributed by atoms with Crippen molar-refractivity contribution in [2.24, 2.45) is 21.7 Å². The fraction of sp³-hybridized carbons (Fsp3) is 0.398. The van der Waals surface area contributed by atoms with Crippen LogP contribution in [0.1, 0.15) is 128 Å². The molecule has 18 rings (SSSR count). The highest BCUT2D eigenvalue weighted by Gasteiger charge is 2.29. The quantitative estimate of drug-likeness (QED) is 0.0184. The molecule has 12 N–H and O–H groups in total. The molecular formula is C93H110N24O4S5. The minimum absolute atomic E-state index is 0.212. The number of rotatable bonds is 26. The van der Waals surface area contributed by atoms with Crippen LogP contribution in [0.5, 0.6) is 17.2 Å². The maximum atomic E-state index is 6.15. The van der Waals surface area contributed by atoms with Gasteiger partial charge in [-0.1, -0.05) is 148 Å². The highest BCUT2D eigenvalue weighted by atomic mass is 32.2. The van der Waals surface area contributed by atoms with E-state index in [-0.39, 0.29) is 21.7 Å². The van der Waals surface area contributed by atoms with Gasteiger partial charge in [0.15, 0.2) is 88.6 Å². The molecule has 28 nitrogen and oxygen atoms in total. The fourth-order valence-corrected chi connectivity index (χ4v) is 19.9. The van der Waals surface area contributed by atoms with Crippen LogP contribution in [0.4, 0.5) is 23.3 Å². The van der Waals surface area contributed by atoms with E-state index in [9.17, 15) is 0 Å². The molecule has 0 radical (unpaired) electrons. The van der Waals surface area contributed by atoms with Gasteiger partial charge in [0.25, 0.3) is 0 Å². The van der Waals surface area contributed by atoms with Crippen molar-refractivity contribution in [1.82, 2.24) is 99.3 Å². The molecule has 0 fully saturated rings. The summed E-state index contributed by atoms with van der Waals surface area (Å²) in [4.78, 5) is 58.9. The number of aromatic nitrogens is 16. The van der Waals surface area contributed by atoms with E-state index in [1.807, 2.05) is 24.3 Å². The number of hydrogen-bond donors (Lipinski definition) is 8. The first kappa shape index (κ1) is 89.8. The Morgan fingerprint density at radius 3 is 1.10 bits per heavy atom. The maximum Gasteiger partial charge on any atom is 0.175 e. The number of benzene rings is 4. The van der Waals surface area contributed by atoms with E-state index >= 15 is 0 Å². The molecule has 0 unspecified atom stereocenters. The first-order chi connectivity index (χ1) is 60.5. The molecule has 33 heteroatoms. The predicted octanol–water partition coefficient (Wildman–Crippen LogP) is 16.0. The molecule has 4 aromatic carbocycles. The molecule has 14 aromatic rings. The average Bonchev–Trinajstić information content (AvgIpc) is 1.63. The molecule has 10 aromatic heterocycles. The number of hydrogen-bond acceptors (Lipinski definition) is 29. The summed E-state index contributed by atoms with van der Waals surface area (Å²) in [5, 5.41) is 19.5. The van der Waals surface area contributed by atoms with Crippen molar-refractivity contribution in [2.75, 3.05) is 95.1 Å². The van der Waals surface area contributed by atoms with Crippen molar-refractivity contribution >= 4 is 126 Å². The van der Waals surface area contributed by atoms with Crippen LogP contribution in [0.2, 0.25) is 0 Å². The number of nitrogen functional groups attached to an aromatic ring is 4. The Labute approximate surface area is 756 Å². The van der Waals surface area contributed by atoms with E-state index in [1.54, 1.807) is 52.9 Å². The number of furan rings is 1.